The monoisotopic (exact) mass is 1950 g/mol. The molecule has 9 aromatic carbocycles. The Kier molecular flexibility index (Phi) is 33.1. The molecule has 0 aliphatic carbocycles. The zero-order chi connectivity index (χ0) is 98.9. The van der Waals surface area contributed by atoms with Gasteiger partial charge in [-0.1, -0.05) is 203 Å². The lowest BCUT2D eigenvalue weighted by Crippen LogP contribution is -2.50. The minimum absolute atomic E-state index is 0. The van der Waals surface area contributed by atoms with Gasteiger partial charge in [-0.2, -0.15) is 18.9 Å². The van der Waals surface area contributed by atoms with E-state index < -0.39 is 141 Å². The number of thiazole rings is 1. The number of methoxy groups -OCH3 is 1. The van der Waals surface area contributed by atoms with Crippen LogP contribution in [-0.4, -0.2) is 112 Å². The maximum atomic E-state index is 14.4. The first kappa shape index (κ1) is 105. The third-order valence-corrected chi connectivity index (χ3v) is 19.9. The fourth-order valence-electron chi connectivity index (χ4n) is 13.6. The van der Waals surface area contributed by atoms with Gasteiger partial charge < -0.3 is 53.8 Å². The lowest BCUT2D eigenvalue weighted by atomic mass is 9.77. The maximum Gasteiger partial charge on any atom is 0.573 e. The van der Waals surface area contributed by atoms with Gasteiger partial charge in [-0.25, -0.2) is 29.0 Å². The summed E-state index contributed by atoms with van der Waals surface area (Å²) in [6.07, 6.45) is -30.9. The number of hydrogen-bond acceptors (Lipinski definition) is 18. The van der Waals surface area contributed by atoms with E-state index in [4.69, 9.17) is 4.74 Å². The Bertz CT molecular complexity index is 5890. The van der Waals surface area contributed by atoms with Crippen molar-refractivity contribution >= 4 is 58.3 Å². The van der Waals surface area contributed by atoms with Crippen LogP contribution in [0.4, 0.5) is 119 Å². The average Bonchev–Trinajstić information content (AvgIpc) is 0.952. The number of benzene rings is 9. The summed E-state index contributed by atoms with van der Waals surface area (Å²) >= 11 is 0.374. The first-order valence-corrected chi connectivity index (χ1v) is 40.1. The molecule has 0 spiro atoms. The SMILES string of the molecule is C.CCOC(=O)c1sc(NC(=O)NC(Cc2ccccc2)(c2cccc(OC(F)(F)F)c2)c2cccc(OC(F)(F)F)c2)nc1C(C)(F)F.COC(=O)c1nc(NC(=O)NC(Cc2ccccc2)(c2cccc(OC(F)(F)F)c2)c2cccc(OC(F)(F)F)c2)n[nH]1.Cn1nc(C(C)(C)C)cc1NC(=O)NC(Cc1ccccc1)(c1cccc(OC(F)(F)F)c1)c1cccc(OC(F)(F)F)c1. The molecule has 0 radical (unpaired) electrons. The van der Waals surface area contributed by atoms with E-state index in [0.717, 1.165) is 79.9 Å². The van der Waals surface area contributed by atoms with Gasteiger partial charge in [0.1, 0.15) is 50.9 Å². The lowest BCUT2D eigenvalue weighted by molar-refractivity contribution is -0.275. The number of carbonyl (C=O) groups excluding carboxylic acids is 5. The van der Waals surface area contributed by atoms with Crippen molar-refractivity contribution in [1.82, 2.24) is 45.9 Å². The number of urea groups is 3. The Morgan fingerprint density at radius 3 is 0.963 bits per heavy atom. The normalized spacial score (nSPS) is 12.1. The summed E-state index contributed by atoms with van der Waals surface area (Å²) in [5.41, 5.74) is -4.53. The van der Waals surface area contributed by atoms with Gasteiger partial charge in [0.25, 0.3) is 11.9 Å². The molecule has 136 heavy (non-hydrogen) atoms. The van der Waals surface area contributed by atoms with E-state index in [1.165, 1.54) is 84.4 Å². The fraction of sp³-hybridized carbons (Fsp3) is 0.256. The Morgan fingerprint density at radius 1 is 0.390 bits per heavy atom. The molecule has 12 rings (SSSR count). The molecule has 0 bridgehead atoms. The van der Waals surface area contributed by atoms with Crippen molar-refractivity contribution in [2.75, 3.05) is 29.7 Å². The number of rotatable bonds is 28. The lowest BCUT2D eigenvalue weighted by Gasteiger charge is -2.37. The molecule has 0 atom stereocenters. The van der Waals surface area contributed by atoms with Crippen molar-refractivity contribution in [1.29, 1.82) is 0 Å². The fourth-order valence-corrected chi connectivity index (χ4v) is 14.5. The average molecular weight is 1950 g/mol. The Labute approximate surface area is 764 Å². The first-order valence-electron chi connectivity index (χ1n) is 39.3. The highest BCUT2D eigenvalue weighted by molar-refractivity contribution is 7.17. The Morgan fingerprint density at radius 2 is 0.691 bits per heavy atom. The quantitative estimate of drug-likeness (QED) is 0.0177. The number of ether oxygens (including phenoxy) is 8. The van der Waals surface area contributed by atoms with Gasteiger partial charge in [-0.3, -0.25) is 25.7 Å². The number of amides is 6. The number of nitrogens with one attached hydrogen (secondary N) is 7. The second-order valence-corrected chi connectivity index (χ2v) is 31.0. The molecule has 25 nitrogen and oxygen atoms in total. The van der Waals surface area contributed by atoms with Crippen molar-refractivity contribution in [3.05, 3.63) is 315 Å². The number of halogens is 20. The van der Waals surface area contributed by atoms with Crippen LogP contribution in [0, 0.1) is 0 Å². The van der Waals surface area contributed by atoms with Gasteiger partial charge in [0.05, 0.1) is 36.0 Å². The van der Waals surface area contributed by atoms with Gasteiger partial charge in [0, 0.05) is 44.7 Å². The molecule has 0 fully saturated rings. The van der Waals surface area contributed by atoms with E-state index >= 15 is 0 Å². The van der Waals surface area contributed by atoms with Crippen LogP contribution in [0.1, 0.15) is 124 Å². The summed E-state index contributed by atoms with van der Waals surface area (Å²) in [6.45, 7) is 7.60. The van der Waals surface area contributed by atoms with Crippen LogP contribution in [0.15, 0.2) is 243 Å². The zero-order valence-electron chi connectivity index (χ0n) is 70.9. The predicted octanol–water partition coefficient (Wildman–Crippen LogP) is 22.7. The molecule has 6 amide bonds. The molecule has 3 aromatic heterocycles. The number of nitrogens with zero attached hydrogens (tertiary/aromatic N) is 5. The molecule has 3 heterocycles. The zero-order valence-corrected chi connectivity index (χ0v) is 71.7. The number of aromatic nitrogens is 6. The van der Waals surface area contributed by atoms with Crippen molar-refractivity contribution in [2.24, 2.45) is 7.05 Å². The van der Waals surface area contributed by atoms with Crippen LogP contribution >= 0.6 is 11.3 Å². The summed E-state index contributed by atoms with van der Waals surface area (Å²) < 4.78 is 301. The predicted molar refractivity (Wildman–Crippen MR) is 452 cm³/mol. The van der Waals surface area contributed by atoms with Crippen LogP contribution < -0.4 is 60.3 Å². The standard InChI is InChI=1S/C31H25F8N3O5S.C31H30F6N4O3.C27H21F6N5O5.CH4/c1-3-45-25(43)23-24(28(2,32)33)40-27(48-23)41-26(44)42-29(17-18-9-5-4-6-10-18,19-11-7-13-21(15-19)46-30(34,35)36)20-12-8-14-22(16-20)47-31(37,38)39;1-28(2,3)25-18-26(41(4)40-25)38-27(42)39-29(19-20-10-6-5-7-11-20,21-12-8-14-23(16-21)43-30(32,33)34)22-13-9-15-24(17-22)44-31(35,36)37;1-41-22(39)21-34-23(38-37-21)35-24(40)36-25(15-16-7-3-2-4-8-16,17-9-5-11-19(13-17)42-26(28,29)30)18-10-6-12-20(14-18)43-27(31,32)33;/h4-16H,3,17H2,1-2H3,(H2,40,41,42,44);5-18H,19H2,1-4H3,(H2,38,39,42);2-14H,15H2,1H3,(H3,34,35,36,37,38,40);1H4. The number of aryl methyl sites for hydroxylation is 1. The highest BCUT2D eigenvalue weighted by atomic mass is 32.1. The third kappa shape index (κ3) is 30.1. The van der Waals surface area contributed by atoms with Crippen LogP contribution in [0.5, 0.6) is 34.5 Å². The number of esters is 2. The summed E-state index contributed by atoms with van der Waals surface area (Å²) in [7, 11) is 2.72. The first-order chi connectivity index (χ1) is 63.1. The minimum atomic E-state index is -5.12. The molecule has 0 saturated carbocycles. The molecular formula is C90H80F20N12O13S. The maximum absolute atomic E-state index is 14.4. The van der Waals surface area contributed by atoms with E-state index in [9.17, 15) is 112 Å². The van der Waals surface area contributed by atoms with Crippen LogP contribution in [0.25, 0.3) is 0 Å². The highest BCUT2D eigenvalue weighted by Gasteiger charge is 2.46. The Hall–Kier alpha value is -14.9. The van der Waals surface area contributed by atoms with E-state index in [-0.39, 0.29) is 83.9 Å². The molecule has 0 aliphatic heterocycles. The molecule has 0 unspecified atom stereocenters. The molecular weight excluding hydrogens is 1870 g/mol. The number of carbonyl (C=O) groups is 5. The number of anilines is 3. The van der Waals surface area contributed by atoms with Gasteiger partial charge in [0.15, 0.2) is 5.13 Å². The van der Waals surface area contributed by atoms with E-state index in [1.54, 1.807) is 104 Å². The summed E-state index contributed by atoms with van der Waals surface area (Å²) in [5, 5.41) is 25.3. The number of H-pyrrole nitrogens is 1. The molecule has 7 N–H and O–H groups in total. The van der Waals surface area contributed by atoms with Crippen LogP contribution in [-0.2, 0) is 63.7 Å². The second kappa shape index (κ2) is 43.0. The molecule has 12 aromatic rings. The number of alkyl halides is 20. The van der Waals surface area contributed by atoms with Crippen LogP contribution in [0.2, 0.25) is 0 Å². The van der Waals surface area contributed by atoms with Gasteiger partial charge in [-0.15, -0.1) is 84.1 Å². The van der Waals surface area contributed by atoms with Gasteiger partial charge in [-0.05, 0) is 130 Å². The second-order valence-electron chi connectivity index (χ2n) is 30.0. The number of aromatic amines is 1. The molecule has 0 aliphatic rings. The van der Waals surface area contributed by atoms with E-state index in [2.05, 4.69) is 90.3 Å². The van der Waals surface area contributed by atoms with Crippen molar-refractivity contribution in [3.63, 3.8) is 0 Å². The van der Waals surface area contributed by atoms with Crippen LogP contribution in [0.3, 0.4) is 0 Å². The Balaban J connectivity index is 0.000000228. The topological polar surface area (TPSA) is 304 Å². The smallest absolute Gasteiger partial charge is 0.463 e. The summed E-state index contributed by atoms with van der Waals surface area (Å²) in [4.78, 5) is 71.8. The summed E-state index contributed by atoms with van der Waals surface area (Å²) in [6, 6.07) is 51.5. The van der Waals surface area contributed by atoms with Gasteiger partial charge >= 0.3 is 68.2 Å². The van der Waals surface area contributed by atoms with Crippen molar-refractivity contribution in [2.45, 2.75) is 127 Å². The van der Waals surface area contributed by atoms with Crippen molar-refractivity contribution < 1.29 is 150 Å². The minimum Gasteiger partial charge on any atom is -0.463 e. The number of hydrogen-bond donors (Lipinski definition) is 7. The van der Waals surface area contributed by atoms with Crippen molar-refractivity contribution in [3.8, 4) is 34.5 Å². The molecule has 0 saturated heterocycles. The third-order valence-electron chi connectivity index (χ3n) is 19.0. The highest BCUT2D eigenvalue weighted by Crippen LogP contribution is 2.45. The largest absolute Gasteiger partial charge is 0.573 e. The van der Waals surface area contributed by atoms with E-state index in [1.807, 2.05) is 20.8 Å². The molecule has 724 valence electrons. The molecule has 46 heteroatoms. The van der Waals surface area contributed by atoms with Gasteiger partial charge in [0.2, 0.25) is 5.82 Å². The van der Waals surface area contributed by atoms with E-state index in [0.29, 0.717) is 46.5 Å². The summed E-state index contributed by atoms with van der Waals surface area (Å²) in [5.74, 6) is -9.95.